The van der Waals surface area contributed by atoms with Crippen molar-refractivity contribution in [3.63, 3.8) is 0 Å². The Hall–Kier alpha value is -5.10. The fraction of sp³-hybridized carbons (Fsp3) is 0.154. The van der Waals surface area contributed by atoms with Crippen molar-refractivity contribution in [1.29, 1.82) is 5.41 Å². The van der Waals surface area contributed by atoms with Crippen molar-refractivity contribution in [3.8, 4) is 17.2 Å². The monoisotopic (exact) mass is 515 g/mol. The second-order valence-corrected chi connectivity index (χ2v) is 8.50. The lowest BCUT2D eigenvalue weighted by Gasteiger charge is -2.24. The summed E-state index contributed by atoms with van der Waals surface area (Å²) >= 11 is 0. The molecule has 0 spiro atoms. The number of amidine groups is 1. The van der Waals surface area contributed by atoms with Crippen molar-refractivity contribution >= 4 is 17.4 Å². The maximum Gasteiger partial charge on any atom is 0.348 e. The Morgan fingerprint density at radius 2 is 1.95 bits per heavy atom. The summed E-state index contributed by atoms with van der Waals surface area (Å²) < 4.78 is 17.8. The highest BCUT2D eigenvalue weighted by molar-refractivity contribution is 5.96. The van der Waals surface area contributed by atoms with E-state index in [-0.39, 0.29) is 29.7 Å². The Labute approximate surface area is 216 Å². The number of rotatable bonds is 8. The van der Waals surface area contributed by atoms with E-state index in [4.69, 9.17) is 31.1 Å². The number of aromatic nitrogens is 3. The van der Waals surface area contributed by atoms with E-state index in [1.54, 1.807) is 55.6 Å². The normalized spacial score (nSPS) is 13.2. The Balaban J connectivity index is 1.63. The summed E-state index contributed by atoms with van der Waals surface area (Å²) in [5.41, 5.74) is 13.7. The van der Waals surface area contributed by atoms with Gasteiger partial charge in [0.05, 0.1) is 25.0 Å². The second-order valence-electron chi connectivity index (χ2n) is 8.50. The smallest absolute Gasteiger partial charge is 0.348 e. The molecular weight excluding hydrogens is 490 g/mol. The van der Waals surface area contributed by atoms with Crippen LogP contribution in [0.3, 0.4) is 0 Å². The molecule has 12 heteroatoms. The molecule has 5 rings (SSSR count). The van der Waals surface area contributed by atoms with Crippen LogP contribution in [0.1, 0.15) is 38.9 Å². The number of nitrogens with two attached hydrogens (primary N) is 2. The van der Waals surface area contributed by atoms with Gasteiger partial charge in [0.25, 0.3) is 5.91 Å². The number of nitrogens with zero attached hydrogens (tertiary/aromatic N) is 2. The first-order valence-electron chi connectivity index (χ1n) is 11.6. The fourth-order valence-corrected chi connectivity index (χ4v) is 4.25. The molecule has 0 aliphatic carbocycles. The number of hydrogen-bond acceptors (Lipinski definition) is 8. The van der Waals surface area contributed by atoms with E-state index in [0.717, 1.165) is 10.2 Å². The van der Waals surface area contributed by atoms with Gasteiger partial charge in [-0.15, -0.1) is 5.10 Å². The van der Waals surface area contributed by atoms with Crippen molar-refractivity contribution in [2.24, 2.45) is 11.5 Å². The van der Waals surface area contributed by atoms with Crippen LogP contribution in [-0.2, 0) is 11.3 Å². The predicted molar refractivity (Wildman–Crippen MR) is 139 cm³/mol. The van der Waals surface area contributed by atoms with Crippen LogP contribution in [0.15, 0.2) is 65.5 Å². The van der Waals surface area contributed by atoms with E-state index in [9.17, 15) is 9.59 Å². The number of fused-ring (bicyclic) bond motifs is 1. The highest BCUT2D eigenvalue weighted by atomic mass is 16.7. The number of ether oxygens (including phenoxy) is 3. The van der Waals surface area contributed by atoms with Gasteiger partial charge in [0.15, 0.2) is 24.1 Å². The number of hydrogen-bond donors (Lipinski definition) is 5. The maximum absolute atomic E-state index is 13.0. The molecule has 1 aromatic heterocycles. The third-order valence-electron chi connectivity index (χ3n) is 6.06. The number of benzene rings is 3. The Morgan fingerprint density at radius 1 is 1.18 bits per heavy atom. The first-order valence-corrected chi connectivity index (χ1v) is 11.6. The summed E-state index contributed by atoms with van der Waals surface area (Å²) in [5, 5.41) is 15.5. The summed E-state index contributed by atoms with van der Waals surface area (Å²) in [7, 11) is 1.54. The highest BCUT2D eigenvalue weighted by Gasteiger charge is 2.26. The van der Waals surface area contributed by atoms with Gasteiger partial charge in [-0.25, -0.2) is 4.79 Å². The molecule has 3 aromatic carbocycles. The third kappa shape index (κ3) is 4.67. The van der Waals surface area contributed by atoms with E-state index in [0.29, 0.717) is 34.9 Å². The molecule has 194 valence electrons. The minimum absolute atomic E-state index is 0.0521. The van der Waals surface area contributed by atoms with Crippen LogP contribution in [0.5, 0.6) is 11.5 Å². The van der Waals surface area contributed by atoms with Crippen molar-refractivity contribution in [1.82, 2.24) is 14.8 Å². The fourth-order valence-electron chi connectivity index (χ4n) is 4.25. The van der Waals surface area contributed by atoms with Crippen molar-refractivity contribution in [3.05, 3.63) is 99.2 Å². The minimum atomic E-state index is -0.684. The van der Waals surface area contributed by atoms with Crippen LogP contribution in [0.4, 0.5) is 5.69 Å². The van der Waals surface area contributed by atoms with Crippen LogP contribution in [0.2, 0.25) is 0 Å². The molecular formula is C26H25N7O5. The topological polar surface area (TPSA) is 183 Å². The summed E-state index contributed by atoms with van der Waals surface area (Å²) in [6.07, 6.45) is 0. The largest absolute Gasteiger partial charge is 0.493 e. The maximum atomic E-state index is 13.0. The number of nitrogen functional groups attached to an aromatic ring is 1. The van der Waals surface area contributed by atoms with Crippen LogP contribution in [0, 0.1) is 5.41 Å². The molecule has 12 nitrogen and oxygen atoms in total. The highest BCUT2D eigenvalue weighted by Crippen LogP contribution is 2.38. The van der Waals surface area contributed by atoms with Gasteiger partial charge < -0.3 is 31.0 Å². The number of para-hydroxylation sites is 1. The summed E-state index contributed by atoms with van der Waals surface area (Å²) in [5.74, 6) is 0.617. The average molecular weight is 516 g/mol. The first kappa shape index (κ1) is 24.6. The Kier molecular flexibility index (Phi) is 6.54. The van der Waals surface area contributed by atoms with Crippen molar-refractivity contribution in [2.75, 3.05) is 19.2 Å². The van der Waals surface area contributed by atoms with Gasteiger partial charge in [-0.3, -0.25) is 15.2 Å². The molecule has 0 saturated heterocycles. The van der Waals surface area contributed by atoms with E-state index in [2.05, 4.69) is 15.4 Å². The van der Waals surface area contributed by atoms with E-state index >= 15 is 0 Å². The molecule has 1 aliphatic heterocycles. The lowest BCUT2D eigenvalue weighted by Crippen LogP contribution is -2.21. The lowest BCUT2D eigenvalue weighted by molar-refractivity contribution is -0.0180. The van der Waals surface area contributed by atoms with E-state index in [1.807, 2.05) is 6.07 Å². The van der Waals surface area contributed by atoms with Crippen LogP contribution in [-0.4, -0.2) is 40.4 Å². The standard InChI is InChI=1S/C26H25N7O5/c1-36-20-11-15(10-16-12-37-13-38-22(16)20)21(30-17-8-6-14(7-9-17)23(27)28)25-31-26(35)33(32-25)19-5-3-2-4-18(19)24(29)34/h2-11,21,30H,12-13H2,1H3,(H3,27,28)(H2,29,34)(H,31,32,35). The third-order valence-corrected chi connectivity index (χ3v) is 6.06. The molecule has 0 bridgehead atoms. The summed E-state index contributed by atoms with van der Waals surface area (Å²) in [6.45, 7) is 0.431. The number of H-pyrrole nitrogens is 1. The Morgan fingerprint density at radius 3 is 2.66 bits per heavy atom. The van der Waals surface area contributed by atoms with E-state index in [1.165, 1.54) is 6.07 Å². The number of anilines is 1. The van der Waals surface area contributed by atoms with Gasteiger partial charge in [-0.1, -0.05) is 12.1 Å². The van der Waals surface area contributed by atoms with Crippen LogP contribution < -0.4 is 31.9 Å². The molecule has 1 aliphatic rings. The number of nitrogens with one attached hydrogen (secondary N) is 3. The quantitative estimate of drug-likeness (QED) is 0.174. The minimum Gasteiger partial charge on any atom is -0.493 e. The molecule has 0 fully saturated rings. The molecule has 4 aromatic rings. The number of carbonyl (C=O) groups is 1. The lowest BCUT2D eigenvalue weighted by atomic mass is 10.0. The Bertz CT molecular complexity index is 1560. The molecule has 0 radical (unpaired) electrons. The van der Waals surface area contributed by atoms with Gasteiger partial charge in [0.1, 0.15) is 11.9 Å². The zero-order valence-electron chi connectivity index (χ0n) is 20.4. The number of methoxy groups -OCH3 is 1. The number of amides is 1. The van der Waals surface area contributed by atoms with Gasteiger partial charge in [0, 0.05) is 16.8 Å². The molecule has 2 heterocycles. The first-order chi connectivity index (χ1) is 18.4. The van der Waals surface area contributed by atoms with Crippen molar-refractivity contribution < 1.29 is 19.0 Å². The molecule has 1 atom stereocenters. The zero-order chi connectivity index (χ0) is 26.8. The molecule has 1 amide bonds. The van der Waals surface area contributed by atoms with Gasteiger partial charge in [0.2, 0.25) is 0 Å². The number of primary amides is 1. The second kappa shape index (κ2) is 10.1. The molecule has 0 saturated carbocycles. The predicted octanol–water partition coefficient (Wildman–Crippen LogP) is 2.02. The van der Waals surface area contributed by atoms with E-state index < -0.39 is 17.6 Å². The van der Waals surface area contributed by atoms with Crippen LogP contribution >= 0.6 is 0 Å². The van der Waals surface area contributed by atoms with Gasteiger partial charge >= 0.3 is 5.69 Å². The summed E-state index contributed by atoms with van der Waals surface area (Å²) in [6, 6.07) is 16.4. The van der Waals surface area contributed by atoms with Crippen LogP contribution in [0.25, 0.3) is 5.69 Å². The number of carbonyl (C=O) groups excluding carboxylic acids is 1. The average Bonchev–Trinajstić information content (AvgIpc) is 3.32. The number of aromatic amines is 1. The van der Waals surface area contributed by atoms with Gasteiger partial charge in [-0.2, -0.15) is 4.68 Å². The molecule has 1 unspecified atom stereocenters. The van der Waals surface area contributed by atoms with Gasteiger partial charge in [-0.05, 0) is 54.1 Å². The molecule has 7 N–H and O–H groups in total. The molecule has 38 heavy (non-hydrogen) atoms. The SMILES string of the molecule is COc1cc(C(Nc2ccc(C(=N)N)cc2)c2nn(-c3ccccc3C(N)=O)c(=O)[nH]2)cc2c1OCOC2. The summed E-state index contributed by atoms with van der Waals surface area (Å²) in [4.78, 5) is 27.8. The van der Waals surface area contributed by atoms with Crippen molar-refractivity contribution in [2.45, 2.75) is 12.6 Å². The zero-order valence-corrected chi connectivity index (χ0v) is 20.4.